The van der Waals surface area contributed by atoms with Crippen LogP contribution >= 0.6 is 15.9 Å². The fourth-order valence-corrected chi connectivity index (χ4v) is 0.494. The molecule has 0 N–H and O–H groups in total. The molecule has 52 valence electrons. The predicted molar refractivity (Wildman–Crippen MR) is 35.3 cm³/mol. The van der Waals surface area contributed by atoms with Gasteiger partial charge in [-0.2, -0.15) is 0 Å². The Bertz CT molecular complexity index is 134. The van der Waals surface area contributed by atoms with Gasteiger partial charge in [0.05, 0.1) is 0 Å². The minimum Gasteiger partial charge on any atom is -0.302 e. The average molecular weight is 196 g/mol. The lowest BCUT2D eigenvalue weighted by Gasteiger charge is -2.05. The van der Waals surface area contributed by atoms with Gasteiger partial charge in [0, 0.05) is 4.92 Å². The van der Waals surface area contributed by atoms with E-state index in [9.17, 15) is 14.9 Å². The first-order valence-corrected chi connectivity index (χ1v) is 3.04. The van der Waals surface area contributed by atoms with Gasteiger partial charge >= 0.3 is 0 Å². The summed E-state index contributed by atoms with van der Waals surface area (Å²) in [6.07, 6.45) is 0.510. The maximum atomic E-state index is 10.0. The summed E-state index contributed by atoms with van der Waals surface area (Å²) in [5.74, 6) is 0. The Hall–Kier alpha value is -0.450. The van der Waals surface area contributed by atoms with Crippen LogP contribution in [-0.4, -0.2) is 22.1 Å². The Balaban J connectivity index is 3.86. The third-order valence-electron chi connectivity index (χ3n) is 0.684. The van der Waals surface area contributed by atoms with Gasteiger partial charge in [0.15, 0.2) is 0 Å². The van der Waals surface area contributed by atoms with E-state index in [1.54, 1.807) is 0 Å². The molecule has 0 radical (unpaired) electrons. The third kappa shape index (κ3) is 4.08. The maximum absolute atomic E-state index is 10.0. The molecule has 0 saturated carbocycles. The average Bonchev–Trinajstić information content (AvgIpc) is 1.63. The van der Waals surface area contributed by atoms with Crippen molar-refractivity contribution in [3.63, 3.8) is 0 Å². The van der Waals surface area contributed by atoms with E-state index < -0.39 is 9.25 Å². The van der Waals surface area contributed by atoms with Crippen molar-refractivity contribution in [2.45, 2.75) is 11.2 Å². The van der Waals surface area contributed by atoms with Gasteiger partial charge in [-0.3, -0.25) is 10.1 Å². The van der Waals surface area contributed by atoms with Crippen LogP contribution in [-0.2, 0) is 4.79 Å². The summed E-state index contributed by atoms with van der Waals surface area (Å²) in [6, 6.07) is 0. The molecule has 0 saturated heterocycles. The molecule has 0 spiro atoms. The highest BCUT2D eigenvalue weighted by atomic mass is 79.9. The van der Waals surface area contributed by atoms with Gasteiger partial charge in [0.1, 0.15) is 10.6 Å². The summed E-state index contributed by atoms with van der Waals surface area (Å²) in [5.41, 5.74) is 0. The molecule has 0 aliphatic heterocycles. The van der Waals surface area contributed by atoms with Crippen LogP contribution < -0.4 is 0 Å². The summed E-state index contributed by atoms with van der Waals surface area (Å²) in [6.45, 7) is 1.07. The molecule has 0 fully saturated rings. The molecule has 0 amide bonds. The lowest BCUT2D eigenvalue weighted by molar-refractivity contribution is -0.481. The van der Waals surface area contributed by atoms with Crippen LogP contribution in [0.1, 0.15) is 6.92 Å². The fraction of sp³-hybridized carbons (Fsp3) is 0.750. The maximum Gasteiger partial charge on any atom is 0.225 e. The highest BCUT2D eigenvalue weighted by Crippen LogP contribution is 2.12. The summed E-state index contributed by atoms with van der Waals surface area (Å²) < 4.78 is -1.00. The molecular formula is C4H6BrNO3. The molecule has 0 rings (SSSR count). The second-order valence-electron chi connectivity index (χ2n) is 1.89. The molecule has 0 aromatic carbocycles. The fourth-order valence-electron chi connectivity index (χ4n) is 0.290. The van der Waals surface area contributed by atoms with Crippen LogP contribution in [0.4, 0.5) is 0 Å². The van der Waals surface area contributed by atoms with Gasteiger partial charge in [-0.1, -0.05) is 15.9 Å². The van der Waals surface area contributed by atoms with E-state index >= 15 is 0 Å². The molecule has 0 aromatic heterocycles. The van der Waals surface area contributed by atoms with Gasteiger partial charge in [-0.15, -0.1) is 0 Å². The lowest BCUT2D eigenvalue weighted by atomic mass is 10.2. The number of hydrogen-bond donors (Lipinski definition) is 0. The van der Waals surface area contributed by atoms with Crippen LogP contribution in [0.5, 0.6) is 0 Å². The van der Waals surface area contributed by atoms with Gasteiger partial charge in [0.2, 0.25) is 6.54 Å². The zero-order valence-corrected chi connectivity index (χ0v) is 6.42. The second kappa shape index (κ2) is 2.91. The Morgan fingerprint density at radius 3 is 2.44 bits per heavy atom. The standard InChI is InChI=1S/C4H6BrNO3/c1-4(5,3-7)2-6(8)9/h3H,2H2,1H3. The zero-order chi connectivity index (χ0) is 7.49. The topological polar surface area (TPSA) is 60.2 Å². The summed E-state index contributed by atoms with van der Waals surface area (Å²) in [5, 5.41) is 9.79. The first-order valence-electron chi connectivity index (χ1n) is 2.25. The third-order valence-corrected chi connectivity index (χ3v) is 1.12. The van der Waals surface area contributed by atoms with Crippen molar-refractivity contribution in [1.82, 2.24) is 0 Å². The minimum atomic E-state index is -1.00. The molecule has 0 aliphatic carbocycles. The van der Waals surface area contributed by atoms with Crippen molar-refractivity contribution in [1.29, 1.82) is 0 Å². The molecular weight excluding hydrogens is 190 g/mol. The summed E-state index contributed by atoms with van der Waals surface area (Å²) in [4.78, 5) is 19.3. The number of nitrogens with zero attached hydrogens (tertiary/aromatic N) is 1. The van der Waals surface area contributed by atoms with E-state index in [1.807, 2.05) is 0 Å². The zero-order valence-electron chi connectivity index (χ0n) is 4.83. The molecule has 0 aliphatic rings. The SMILES string of the molecule is CC(Br)(C=O)C[N+](=O)[O-]. The predicted octanol–water partition coefficient (Wildman–Crippen LogP) is 0.616. The number of alkyl halides is 1. The van der Waals surface area contributed by atoms with Crippen molar-refractivity contribution in [3.05, 3.63) is 10.1 Å². The molecule has 9 heavy (non-hydrogen) atoms. The van der Waals surface area contributed by atoms with E-state index in [4.69, 9.17) is 0 Å². The van der Waals surface area contributed by atoms with Gasteiger partial charge in [-0.05, 0) is 6.92 Å². The van der Waals surface area contributed by atoms with Crippen LogP contribution in [0.3, 0.4) is 0 Å². The lowest BCUT2D eigenvalue weighted by Crippen LogP contribution is -2.28. The normalized spacial score (nSPS) is 16.2. The van der Waals surface area contributed by atoms with Crippen LogP contribution in [0.15, 0.2) is 0 Å². The van der Waals surface area contributed by atoms with E-state index in [-0.39, 0.29) is 6.54 Å². The number of aldehydes is 1. The van der Waals surface area contributed by atoms with Crippen LogP contribution in [0.2, 0.25) is 0 Å². The van der Waals surface area contributed by atoms with Crippen molar-refractivity contribution in [3.8, 4) is 0 Å². The number of carbonyl (C=O) groups excluding carboxylic acids is 1. The monoisotopic (exact) mass is 195 g/mol. The van der Waals surface area contributed by atoms with E-state index in [1.165, 1.54) is 6.92 Å². The number of nitro groups is 1. The van der Waals surface area contributed by atoms with Crippen molar-refractivity contribution >= 4 is 22.2 Å². The van der Waals surface area contributed by atoms with Crippen molar-refractivity contribution in [2.24, 2.45) is 0 Å². The molecule has 1 atom stereocenters. The van der Waals surface area contributed by atoms with Crippen molar-refractivity contribution < 1.29 is 9.72 Å². The summed E-state index contributed by atoms with van der Waals surface area (Å²) in [7, 11) is 0. The number of halogens is 1. The molecule has 0 heterocycles. The largest absolute Gasteiger partial charge is 0.302 e. The van der Waals surface area contributed by atoms with Crippen molar-refractivity contribution in [2.75, 3.05) is 6.54 Å². The Morgan fingerprint density at radius 1 is 1.89 bits per heavy atom. The molecule has 1 unspecified atom stereocenters. The first kappa shape index (κ1) is 8.55. The number of rotatable bonds is 3. The van der Waals surface area contributed by atoms with Gasteiger partial charge < -0.3 is 4.79 Å². The van der Waals surface area contributed by atoms with Crippen LogP contribution in [0.25, 0.3) is 0 Å². The molecule has 0 bridgehead atoms. The van der Waals surface area contributed by atoms with E-state index in [0.29, 0.717) is 6.29 Å². The Morgan fingerprint density at radius 2 is 2.33 bits per heavy atom. The van der Waals surface area contributed by atoms with Gasteiger partial charge in [0.25, 0.3) is 0 Å². The van der Waals surface area contributed by atoms with E-state index in [0.717, 1.165) is 0 Å². The quantitative estimate of drug-likeness (QED) is 0.287. The van der Waals surface area contributed by atoms with E-state index in [2.05, 4.69) is 15.9 Å². The molecule has 5 heteroatoms. The minimum absolute atomic E-state index is 0.378. The second-order valence-corrected chi connectivity index (χ2v) is 3.70. The molecule has 4 nitrogen and oxygen atoms in total. The smallest absolute Gasteiger partial charge is 0.225 e. The van der Waals surface area contributed by atoms with Gasteiger partial charge in [-0.25, -0.2) is 0 Å². The number of carbonyl (C=O) groups is 1. The summed E-state index contributed by atoms with van der Waals surface area (Å²) >= 11 is 2.87. The Labute approximate surface area is 60.5 Å². The Kier molecular flexibility index (Phi) is 2.76. The highest BCUT2D eigenvalue weighted by molar-refractivity contribution is 9.10. The first-order chi connectivity index (χ1) is 3.98. The van der Waals surface area contributed by atoms with Crippen LogP contribution in [0, 0.1) is 10.1 Å². The molecule has 0 aromatic rings. The number of hydrogen-bond acceptors (Lipinski definition) is 3. The highest BCUT2D eigenvalue weighted by Gasteiger charge is 2.25.